The first-order chi connectivity index (χ1) is 8.61. The summed E-state index contributed by atoms with van der Waals surface area (Å²) >= 11 is 0. The lowest BCUT2D eigenvalue weighted by Gasteiger charge is -2.59. The van der Waals surface area contributed by atoms with Crippen molar-refractivity contribution in [2.75, 3.05) is 0 Å². The molecule has 0 heterocycles. The minimum absolute atomic E-state index is 0.0480. The molecule has 0 amide bonds. The molecule has 18 heavy (non-hydrogen) atoms. The molecule has 0 N–H and O–H groups in total. The fourth-order valence-electron chi connectivity index (χ4n) is 4.90. The van der Waals surface area contributed by atoms with Gasteiger partial charge in [-0.1, -0.05) is 13.3 Å². The molecule has 4 rings (SSSR count). The zero-order valence-corrected chi connectivity index (χ0v) is 11.8. The molecule has 4 aliphatic carbocycles. The van der Waals surface area contributed by atoms with Gasteiger partial charge >= 0.3 is 5.97 Å². The highest BCUT2D eigenvalue weighted by Gasteiger charge is 2.56. The summed E-state index contributed by atoms with van der Waals surface area (Å²) in [6.07, 6.45) is 9.34. The fourth-order valence-corrected chi connectivity index (χ4v) is 4.90. The van der Waals surface area contributed by atoms with Gasteiger partial charge in [-0.3, -0.25) is 4.79 Å². The van der Waals surface area contributed by atoms with Gasteiger partial charge in [0.2, 0.25) is 0 Å². The van der Waals surface area contributed by atoms with Crippen LogP contribution in [-0.4, -0.2) is 11.6 Å². The zero-order chi connectivity index (χ0) is 12.8. The van der Waals surface area contributed by atoms with E-state index in [9.17, 15) is 4.79 Å². The Morgan fingerprint density at radius 3 is 2.17 bits per heavy atom. The van der Waals surface area contributed by atoms with Crippen molar-refractivity contribution in [3.63, 3.8) is 0 Å². The number of carbonyl (C=O) groups excluding carboxylic acids is 1. The normalized spacial score (nSPS) is 45.2. The Kier molecular flexibility index (Phi) is 3.15. The van der Waals surface area contributed by atoms with Gasteiger partial charge in [-0.15, -0.1) is 0 Å². The molecule has 0 atom stereocenters. The van der Waals surface area contributed by atoms with Crippen molar-refractivity contribution in [3.05, 3.63) is 0 Å². The summed E-state index contributed by atoms with van der Waals surface area (Å²) in [5.41, 5.74) is -0.127. The predicted molar refractivity (Wildman–Crippen MR) is 71.1 cm³/mol. The average Bonchev–Trinajstić information content (AvgIpc) is 2.33. The maximum Gasteiger partial charge on any atom is 0.306 e. The van der Waals surface area contributed by atoms with E-state index >= 15 is 0 Å². The Labute approximate surface area is 110 Å². The maximum absolute atomic E-state index is 12.0. The van der Waals surface area contributed by atoms with Crippen LogP contribution in [-0.2, 0) is 9.53 Å². The molecule has 2 nitrogen and oxygen atoms in total. The number of unbranched alkanes of at least 4 members (excludes halogenated alkanes) is 1. The molecular formula is C16H26O2. The summed E-state index contributed by atoms with van der Waals surface area (Å²) in [6.45, 7) is 4.35. The molecule has 4 bridgehead atoms. The standard InChI is InChI=1S/C16H26O2/c1-3-4-5-15(17)18-16(2)13-7-11-6-12(9-13)10-14(16)8-11/h11-14H,3-10H2,1-2H3. The summed E-state index contributed by atoms with van der Waals surface area (Å²) < 4.78 is 5.98. The van der Waals surface area contributed by atoms with Crippen LogP contribution in [0.25, 0.3) is 0 Å². The van der Waals surface area contributed by atoms with Crippen LogP contribution in [0, 0.1) is 23.7 Å². The fraction of sp³-hybridized carbons (Fsp3) is 0.938. The average molecular weight is 250 g/mol. The number of rotatable bonds is 4. The second-order valence-electron chi connectivity index (χ2n) is 7.07. The van der Waals surface area contributed by atoms with E-state index in [1.807, 2.05) is 0 Å². The lowest BCUT2D eigenvalue weighted by Crippen LogP contribution is -2.57. The quantitative estimate of drug-likeness (QED) is 0.707. The highest BCUT2D eigenvalue weighted by Crippen LogP contribution is 2.59. The molecule has 0 spiro atoms. The van der Waals surface area contributed by atoms with Crippen LogP contribution < -0.4 is 0 Å². The van der Waals surface area contributed by atoms with Crippen molar-refractivity contribution in [1.82, 2.24) is 0 Å². The Hall–Kier alpha value is -0.530. The topological polar surface area (TPSA) is 26.3 Å². The van der Waals surface area contributed by atoms with E-state index in [4.69, 9.17) is 4.74 Å². The van der Waals surface area contributed by atoms with Crippen LogP contribution in [0.3, 0.4) is 0 Å². The molecule has 0 aliphatic heterocycles. The second-order valence-corrected chi connectivity index (χ2v) is 7.07. The number of ether oxygens (including phenoxy) is 1. The Morgan fingerprint density at radius 1 is 1.11 bits per heavy atom. The van der Waals surface area contributed by atoms with Crippen LogP contribution in [0.2, 0.25) is 0 Å². The second kappa shape index (κ2) is 4.54. The van der Waals surface area contributed by atoms with Crippen molar-refractivity contribution in [2.24, 2.45) is 23.7 Å². The smallest absolute Gasteiger partial charge is 0.306 e. The molecule has 4 saturated carbocycles. The molecule has 102 valence electrons. The number of esters is 1. The van der Waals surface area contributed by atoms with Crippen LogP contribution in [0.1, 0.15) is 65.2 Å². The van der Waals surface area contributed by atoms with Gasteiger partial charge in [0.25, 0.3) is 0 Å². The number of hydrogen-bond acceptors (Lipinski definition) is 2. The third-order valence-electron chi connectivity index (χ3n) is 5.83. The van der Waals surface area contributed by atoms with Crippen molar-refractivity contribution in [3.8, 4) is 0 Å². The van der Waals surface area contributed by atoms with Crippen LogP contribution in [0.15, 0.2) is 0 Å². The summed E-state index contributed by atoms with van der Waals surface area (Å²) in [6, 6.07) is 0. The van der Waals surface area contributed by atoms with E-state index in [-0.39, 0.29) is 11.6 Å². The lowest BCUT2D eigenvalue weighted by molar-refractivity contribution is -0.203. The lowest BCUT2D eigenvalue weighted by atomic mass is 9.50. The van der Waals surface area contributed by atoms with Gasteiger partial charge < -0.3 is 4.74 Å². The highest BCUT2D eigenvalue weighted by atomic mass is 16.6. The van der Waals surface area contributed by atoms with Crippen molar-refractivity contribution in [2.45, 2.75) is 70.8 Å². The Balaban J connectivity index is 1.68. The van der Waals surface area contributed by atoms with Gasteiger partial charge in [0.15, 0.2) is 0 Å². The third-order valence-corrected chi connectivity index (χ3v) is 5.83. The molecule has 4 fully saturated rings. The molecule has 0 saturated heterocycles. The van der Waals surface area contributed by atoms with E-state index in [2.05, 4.69) is 13.8 Å². The predicted octanol–water partition coefficient (Wildman–Crippen LogP) is 3.93. The highest BCUT2D eigenvalue weighted by molar-refractivity contribution is 5.70. The number of carbonyl (C=O) groups is 1. The Morgan fingerprint density at radius 2 is 1.67 bits per heavy atom. The van der Waals surface area contributed by atoms with Crippen molar-refractivity contribution < 1.29 is 9.53 Å². The van der Waals surface area contributed by atoms with E-state index < -0.39 is 0 Å². The monoisotopic (exact) mass is 250 g/mol. The van der Waals surface area contributed by atoms with Gasteiger partial charge in [0.1, 0.15) is 5.60 Å². The van der Waals surface area contributed by atoms with Crippen molar-refractivity contribution >= 4 is 5.97 Å². The van der Waals surface area contributed by atoms with Crippen LogP contribution >= 0.6 is 0 Å². The SMILES string of the molecule is CCCCC(=O)OC1(C)C2CC3CC(C2)CC1C3. The summed E-state index contributed by atoms with van der Waals surface area (Å²) in [5, 5.41) is 0. The Bertz CT molecular complexity index is 306. The van der Waals surface area contributed by atoms with E-state index in [1.165, 1.54) is 32.1 Å². The molecule has 4 aliphatic rings. The maximum atomic E-state index is 12.0. The third kappa shape index (κ3) is 1.98. The summed E-state index contributed by atoms with van der Waals surface area (Å²) in [7, 11) is 0. The van der Waals surface area contributed by atoms with Gasteiger partial charge in [-0.05, 0) is 69.1 Å². The van der Waals surface area contributed by atoms with Gasteiger partial charge in [0, 0.05) is 6.42 Å². The van der Waals surface area contributed by atoms with Crippen LogP contribution in [0.4, 0.5) is 0 Å². The first kappa shape index (κ1) is 12.5. The van der Waals surface area contributed by atoms with Gasteiger partial charge in [-0.2, -0.15) is 0 Å². The zero-order valence-electron chi connectivity index (χ0n) is 11.8. The number of hydrogen-bond donors (Lipinski definition) is 0. The molecule has 0 unspecified atom stereocenters. The summed E-state index contributed by atoms with van der Waals surface area (Å²) in [4.78, 5) is 12.0. The molecular weight excluding hydrogens is 224 g/mol. The van der Waals surface area contributed by atoms with Crippen molar-refractivity contribution in [1.29, 1.82) is 0 Å². The molecule has 0 aromatic rings. The summed E-state index contributed by atoms with van der Waals surface area (Å²) in [5.74, 6) is 3.23. The van der Waals surface area contributed by atoms with Gasteiger partial charge in [0.05, 0.1) is 0 Å². The minimum Gasteiger partial charge on any atom is -0.459 e. The molecule has 0 radical (unpaired) electrons. The van der Waals surface area contributed by atoms with E-state index in [0.29, 0.717) is 18.3 Å². The first-order valence-corrected chi connectivity index (χ1v) is 7.83. The van der Waals surface area contributed by atoms with Crippen LogP contribution in [0.5, 0.6) is 0 Å². The van der Waals surface area contributed by atoms with E-state index in [0.717, 1.165) is 24.7 Å². The van der Waals surface area contributed by atoms with E-state index in [1.54, 1.807) is 0 Å². The van der Waals surface area contributed by atoms with Gasteiger partial charge in [-0.25, -0.2) is 0 Å². The molecule has 0 aromatic carbocycles. The molecule has 0 aromatic heterocycles. The molecule has 2 heteroatoms. The minimum atomic E-state index is -0.127. The first-order valence-electron chi connectivity index (χ1n) is 7.83. The largest absolute Gasteiger partial charge is 0.459 e.